The van der Waals surface area contributed by atoms with Gasteiger partial charge in [0.2, 0.25) is 0 Å². The Bertz CT molecular complexity index is 127. The van der Waals surface area contributed by atoms with Crippen molar-refractivity contribution in [3.8, 4) is 0 Å². The van der Waals surface area contributed by atoms with Gasteiger partial charge in [-0.1, -0.05) is 0 Å². The van der Waals surface area contributed by atoms with Crippen molar-refractivity contribution in [1.82, 2.24) is 5.32 Å². The summed E-state index contributed by atoms with van der Waals surface area (Å²) in [4.78, 5) is 0. The number of halogens is 1. The fourth-order valence-electron chi connectivity index (χ4n) is 1.03. The Kier molecular flexibility index (Phi) is 16.2. The van der Waals surface area contributed by atoms with Crippen molar-refractivity contribution in [3.63, 3.8) is 0 Å². The van der Waals surface area contributed by atoms with Gasteiger partial charge in [-0.25, -0.2) is 0 Å². The third-order valence-electron chi connectivity index (χ3n) is 1.87. The lowest BCUT2D eigenvalue weighted by Gasteiger charge is -2.07. The monoisotopic (exact) mass is 269 g/mol. The van der Waals surface area contributed by atoms with Crippen molar-refractivity contribution in [1.29, 1.82) is 0 Å². The first kappa shape index (κ1) is 17.1. The first-order valence-electron chi connectivity index (χ1n) is 5.90. The summed E-state index contributed by atoms with van der Waals surface area (Å²) in [5.74, 6) is 0.548. The lowest BCUT2D eigenvalue weighted by atomic mass is 10.6. The molecule has 0 spiro atoms. The van der Waals surface area contributed by atoms with Crippen molar-refractivity contribution in [2.45, 2.75) is 0 Å². The van der Waals surface area contributed by atoms with Gasteiger partial charge in [0.25, 0.3) is 0 Å². The van der Waals surface area contributed by atoms with Gasteiger partial charge < -0.3 is 24.3 Å². The number of hydrogen-bond donors (Lipinski definition) is 1. The highest BCUT2D eigenvalue weighted by atomic mass is 35.5. The second-order valence-corrected chi connectivity index (χ2v) is 3.65. The quantitative estimate of drug-likeness (QED) is 0.368. The fourth-order valence-corrected chi connectivity index (χ4v) is 1.14. The average Bonchev–Trinajstić information content (AvgIpc) is 2.35. The molecule has 0 bridgehead atoms. The van der Waals surface area contributed by atoms with Crippen LogP contribution in [0.4, 0.5) is 0 Å². The standard InChI is InChI=1S/C11H24ClNO4/c1-14-8-9-17-11-10-16-7-4-13-3-6-15-5-2-12/h13H,2-11H2,1H3. The second kappa shape index (κ2) is 16.1. The highest BCUT2D eigenvalue weighted by molar-refractivity contribution is 6.17. The summed E-state index contributed by atoms with van der Waals surface area (Å²) in [5.41, 5.74) is 0. The Labute approximate surface area is 109 Å². The Balaban J connectivity index is 2.85. The van der Waals surface area contributed by atoms with E-state index in [0.29, 0.717) is 52.1 Å². The summed E-state index contributed by atoms with van der Waals surface area (Å²) in [6.45, 7) is 6.11. The zero-order chi connectivity index (χ0) is 12.6. The maximum atomic E-state index is 5.46. The minimum Gasteiger partial charge on any atom is -0.382 e. The van der Waals surface area contributed by atoms with Crippen LogP contribution in [0.2, 0.25) is 0 Å². The molecule has 0 aliphatic heterocycles. The molecule has 0 aliphatic carbocycles. The van der Waals surface area contributed by atoms with Crippen molar-refractivity contribution < 1.29 is 18.9 Å². The molecule has 0 rings (SSSR count). The second-order valence-electron chi connectivity index (χ2n) is 3.27. The number of rotatable bonds is 14. The van der Waals surface area contributed by atoms with Crippen LogP contribution in [0, 0.1) is 0 Å². The molecule has 6 heteroatoms. The summed E-state index contributed by atoms with van der Waals surface area (Å²) in [6.07, 6.45) is 0. The van der Waals surface area contributed by atoms with Crippen LogP contribution in [-0.2, 0) is 18.9 Å². The van der Waals surface area contributed by atoms with E-state index in [1.807, 2.05) is 0 Å². The van der Waals surface area contributed by atoms with Crippen LogP contribution in [0.5, 0.6) is 0 Å². The largest absolute Gasteiger partial charge is 0.382 e. The van der Waals surface area contributed by atoms with Gasteiger partial charge in [0, 0.05) is 26.1 Å². The topological polar surface area (TPSA) is 49.0 Å². The molecule has 0 saturated carbocycles. The van der Waals surface area contributed by atoms with E-state index in [-0.39, 0.29) is 0 Å². The number of hydrogen-bond acceptors (Lipinski definition) is 5. The van der Waals surface area contributed by atoms with E-state index in [1.54, 1.807) is 7.11 Å². The normalized spacial score (nSPS) is 10.9. The molecular formula is C11H24ClNO4. The Morgan fingerprint density at radius 1 is 0.765 bits per heavy atom. The van der Waals surface area contributed by atoms with Crippen LogP contribution in [-0.4, -0.2) is 72.3 Å². The summed E-state index contributed by atoms with van der Waals surface area (Å²) in [6, 6.07) is 0. The van der Waals surface area contributed by atoms with Crippen LogP contribution in [0.25, 0.3) is 0 Å². The van der Waals surface area contributed by atoms with Gasteiger partial charge in [-0.15, -0.1) is 11.6 Å². The van der Waals surface area contributed by atoms with Gasteiger partial charge in [-0.05, 0) is 0 Å². The predicted octanol–water partition coefficient (Wildman–Crippen LogP) is 0.511. The first-order chi connectivity index (χ1) is 8.41. The van der Waals surface area contributed by atoms with E-state index >= 15 is 0 Å². The molecule has 0 aromatic heterocycles. The molecule has 104 valence electrons. The van der Waals surface area contributed by atoms with Crippen molar-refractivity contribution >= 4 is 11.6 Å². The molecule has 0 atom stereocenters. The molecule has 0 saturated heterocycles. The molecule has 0 amide bonds. The van der Waals surface area contributed by atoms with Crippen LogP contribution < -0.4 is 5.32 Å². The molecular weight excluding hydrogens is 246 g/mol. The maximum absolute atomic E-state index is 5.46. The third kappa shape index (κ3) is 16.1. The number of methoxy groups -OCH3 is 1. The van der Waals surface area contributed by atoms with Gasteiger partial charge in [0.15, 0.2) is 0 Å². The lowest BCUT2D eigenvalue weighted by molar-refractivity contribution is 0.0253. The van der Waals surface area contributed by atoms with E-state index in [4.69, 9.17) is 30.5 Å². The summed E-state index contributed by atoms with van der Waals surface area (Å²) < 4.78 is 20.6. The van der Waals surface area contributed by atoms with E-state index in [2.05, 4.69) is 5.32 Å². The Morgan fingerprint density at radius 3 is 1.88 bits per heavy atom. The van der Waals surface area contributed by atoms with Crippen LogP contribution in [0.1, 0.15) is 0 Å². The highest BCUT2D eigenvalue weighted by Gasteiger charge is 1.91. The number of ether oxygens (including phenoxy) is 4. The molecule has 0 radical (unpaired) electrons. The molecule has 17 heavy (non-hydrogen) atoms. The Morgan fingerprint density at radius 2 is 1.29 bits per heavy atom. The first-order valence-corrected chi connectivity index (χ1v) is 6.44. The van der Waals surface area contributed by atoms with Gasteiger partial charge in [0.05, 0.1) is 46.2 Å². The van der Waals surface area contributed by atoms with Crippen LogP contribution >= 0.6 is 11.6 Å². The van der Waals surface area contributed by atoms with E-state index < -0.39 is 0 Å². The smallest absolute Gasteiger partial charge is 0.0701 e. The number of alkyl halides is 1. The summed E-state index contributed by atoms with van der Waals surface area (Å²) >= 11 is 5.46. The van der Waals surface area contributed by atoms with Gasteiger partial charge >= 0.3 is 0 Å². The van der Waals surface area contributed by atoms with E-state index in [9.17, 15) is 0 Å². The van der Waals surface area contributed by atoms with E-state index in [1.165, 1.54) is 0 Å². The Hall–Kier alpha value is 0.0900. The molecule has 0 aromatic rings. The zero-order valence-electron chi connectivity index (χ0n) is 10.6. The summed E-state index contributed by atoms with van der Waals surface area (Å²) in [7, 11) is 1.66. The minimum atomic E-state index is 0.548. The lowest BCUT2D eigenvalue weighted by Crippen LogP contribution is -2.24. The number of nitrogens with one attached hydrogen (secondary N) is 1. The molecule has 0 aliphatic rings. The minimum absolute atomic E-state index is 0.548. The van der Waals surface area contributed by atoms with E-state index in [0.717, 1.165) is 13.1 Å². The van der Waals surface area contributed by atoms with Crippen molar-refractivity contribution in [3.05, 3.63) is 0 Å². The average molecular weight is 270 g/mol. The van der Waals surface area contributed by atoms with Crippen molar-refractivity contribution in [2.75, 3.05) is 72.3 Å². The van der Waals surface area contributed by atoms with Gasteiger partial charge in [-0.3, -0.25) is 0 Å². The maximum Gasteiger partial charge on any atom is 0.0701 e. The SMILES string of the molecule is COCCOCCOCCNCCOCCCl. The summed E-state index contributed by atoms with van der Waals surface area (Å²) in [5, 5.41) is 3.20. The highest BCUT2D eigenvalue weighted by Crippen LogP contribution is 1.80. The molecule has 1 N–H and O–H groups in total. The molecule has 0 aromatic carbocycles. The molecule has 0 unspecified atom stereocenters. The van der Waals surface area contributed by atoms with Gasteiger partial charge in [0.1, 0.15) is 0 Å². The molecule has 0 heterocycles. The van der Waals surface area contributed by atoms with Crippen LogP contribution in [0.3, 0.4) is 0 Å². The fraction of sp³-hybridized carbons (Fsp3) is 1.00. The van der Waals surface area contributed by atoms with Crippen molar-refractivity contribution in [2.24, 2.45) is 0 Å². The van der Waals surface area contributed by atoms with Gasteiger partial charge in [-0.2, -0.15) is 0 Å². The van der Waals surface area contributed by atoms with Crippen LogP contribution in [0.15, 0.2) is 0 Å². The molecule has 5 nitrogen and oxygen atoms in total. The zero-order valence-corrected chi connectivity index (χ0v) is 11.3. The molecule has 0 fully saturated rings. The predicted molar refractivity (Wildman–Crippen MR) is 67.9 cm³/mol. The third-order valence-corrected chi connectivity index (χ3v) is 2.03.